The molecule has 1 unspecified atom stereocenters. The normalized spacial score (nSPS) is 30.9. The molecule has 0 N–H and O–H groups in total. The van der Waals surface area contributed by atoms with E-state index in [9.17, 15) is 0 Å². The molecular formula is C11H20NO. The van der Waals surface area contributed by atoms with Crippen molar-refractivity contribution < 1.29 is 4.74 Å². The molecule has 2 aliphatic rings. The van der Waals surface area contributed by atoms with E-state index in [1.54, 1.807) is 0 Å². The Hall–Kier alpha value is -0.0800. The second-order valence-electron chi connectivity index (χ2n) is 4.13. The van der Waals surface area contributed by atoms with Gasteiger partial charge in [0.05, 0.1) is 6.10 Å². The average molecular weight is 182 g/mol. The highest BCUT2D eigenvalue weighted by molar-refractivity contribution is 4.77. The lowest BCUT2D eigenvalue weighted by atomic mass is 10.1. The van der Waals surface area contributed by atoms with Gasteiger partial charge in [-0.25, -0.2) is 0 Å². The number of piperidine rings is 1. The van der Waals surface area contributed by atoms with Crippen LogP contribution in [-0.4, -0.2) is 37.2 Å². The Bertz CT molecular complexity index is 137. The van der Waals surface area contributed by atoms with Crippen LogP contribution in [0.15, 0.2) is 0 Å². The summed E-state index contributed by atoms with van der Waals surface area (Å²) in [7, 11) is 0. The molecule has 2 heterocycles. The molecule has 0 bridgehead atoms. The molecule has 0 aliphatic carbocycles. The third kappa shape index (κ3) is 2.96. The summed E-state index contributed by atoms with van der Waals surface area (Å²) in [6.07, 6.45) is 9.36. The first-order valence-electron chi connectivity index (χ1n) is 5.61. The van der Waals surface area contributed by atoms with E-state index in [0.29, 0.717) is 6.10 Å². The minimum absolute atomic E-state index is 0.575. The quantitative estimate of drug-likeness (QED) is 0.660. The molecule has 2 nitrogen and oxygen atoms in total. The van der Waals surface area contributed by atoms with Crippen LogP contribution in [-0.2, 0) is 4.74 Å². The molecule has 2 rings (SSSR count). The molecule has 0 aromatic rings. The van der Waals surface area contributed by atoms with Crippen molar-refractivity contribution in [2.45, 2.75) is 38.2 Å². The number of nitrogens with zero attached hydrogens (tertiary/aromatic N) is 1. The molecule has 0 aromatic heterocycles. The highest BCUT2D eigenvalue weighted by Crippen LogP contribution is 2.16. The molecule has 0 saturated carbocycles. The first-order chi connectivity index (χ1) is 6.45. The molecule has 2 heteroatoms. The van der Waals surface area contributed by atoms with Crippen molar-refractivity contribution in [3.8, 4) is 0 Å². The van der Waals surface area contributed by atoms with Gasteiger partial charge >= 0.3 is 0 Å². The SMILES string of the molecule is [CH]1CCN(CCC2CCCO2)CC1. The molecule has 13 heavy (non-hydrogen) atoms. The van der Waals surface area contributed by atoms with Crippen LogP contribution in [0.1, 0.15) is 32.1 Å². The number of hydrogen-bond acceptors (Lipinski definition) is 2. The van der Waals surface area contributed by atoms with E-state index in [0.717, 1.165) is 6.61 Å². The summed E-state index contributed by atoms with van der Waals surface area (Å²) >= 11 is 0. The average Bonchev–Trinajstić information content (AvgIpc) is 2.69. The summed E-state index contributed by atoms with van der Waals surface area (Å²) in [5.74, 6) is 0. The van der Waals surface area contributed by atoms with Crippen LogP contribution >= 0.6 is 0 Å². The van der Waals surface area contributed by atoms with Crippen LogP contribution in [0, 0.1) is 6.42 Å². The van der Waals surface area contributed by atoms with Crippen LogP contribution in [0.3, 0.4) is 0 Å². The zero-order valence-corrected chi connectivity index (χ0v) is 8.37. The van der Waals surface area contributed by atoms with Gasteiger partial charge in [0.2, 0.25) is 0 Å². The highest BCUT2D eigenvalue weighted by Gasteiger charge is 2.17. The predicted octanol–water partition coefficient (Wildman–Crippen LogP) is 1.86. The zero-order valence-electron chi connectivity index (χ0n) is 8.37. The van der Waals surface area contributed by atoms with Crippen LogP contribution in [0.25, 0.3) is 0 Å². The molecule has 0 spiro atoms. The maximum Gasteiger partial charge on any atom is 0.0588 e. The van der Waals surface area contributed by atoms with Gasteiger partial charge in [-0.2, -0.15) is 0 Å². The van der Waals surface area contributed by atoms with Crippen molar-refractivity contribution in [1.82, 2.24) is 4.90 Å². The summed E-state index contributed by atoms with van der Waals surface area (Å²) in [6.45, 7) is 4.79. The van der Waals surface area contributed by atoms with Gasteiger partial charge < -0.3 is 9.64 Å². The Morgan fingerprint density at radius 2 is 2.15 bits per heavy atom. The maximum atomic E-state index is 5.61. The molecule has 1 atom stereocenters. The lowest BCUT2D eigenvalue weighted by Crippen LogP contribution is -2.32. The summed E-state index contributed by atoms with van der Waals surface area (Å²) in [5.41, 5.74) is 0. The minimum atomic E-state index is 0.575. The molecule has 0 amide bonds. The third-order valence-corrected chi connectivity index (χ3v) is 3.09. The molecule has 2 saturated heterocycles. The van der Waals surface area contributed by atoms with E-state index in [4.69, 9.17) is 4.74 Å². The highest BCUT2D eigenvalue weighted by atomic mass is 16.5. The standard InChI is InChI=1S/C11H20NO/c1-2-7-12(8-3-1)9-6-11-5-4-10-13-11/h1,11H,2-10H2. The van der Waals surface area contributed by atoms with Gasteiger partial charge in [-0.3, -0.25) is 0 Å². The molecule has 1 radical (unpaired) electrons. The van der Waals surface area contributed by atoms with Gasteiger partial charge in [-0.1, -0.05) is 0 Å². The van der Waals surface area contributed by atoms with Crippen molar-refractivity contribution in [3.63, 3.8) is 0 Å². The van der Waals surface area contributed by atoms with Crippen LogP contribution in [0.5, 0.6) is 0 Å². The van der Waals surface area contributed by atoms with Crippen molar-refractivity contribution in [1.29, 1.82) is 0 Å². The van der Waals surface area contributed by atoms with Crippen molar-refractivity contribution in [3.05, 3.63) is 6.42 Å². The molecule has 0 aromatic carbocycles. The van der Waals surface area contributed by atoms with Crippen molar-refractivity contribution >= 4 is 0 Å². The van der Waals surface area contributed by atoms with Crippen LogP contribution in [0.4, 0.5) is 0 Å². The topological polar surface area (TPSA) is 12.5 Å². The molecule has 75 valence electrons. The van der Waals surface area contributed by atoms with E-state index in [1.165, 1.54) is 51.7 Å². The first kappa shape index (κ1) is 9.47. The van der Waals surface area contributed by atoms with Crippen LogP contribution < -0.4 is 0 Å². The van der Waals surface area contributed by atoms with Gasteiger partial charge in [0.25, 0.3) is 0 Å². The fraction of sp³-hybridized carbons (Fsp3) is 0.909. The lowest BCUT2D eigenvalue weighted by Gasteiger charge is -2.27. The Morgan fingerprint density at radius 1 is 1.31 bits per heavy atom. The molecule has 2 fully saturated rings. The number of likely N-dealkylation sites (tertiary alicyclic amines) is 1. The van der Waals surface area contributed by atoms with E-state index >= 15 is 0 Å². The van der Waals surface area contributed by atoms with Gasteiger partial charge in [0.15, 0.2) is 0 Å². The van der Waals surface area contributed by atoms with Gasteiger partial charge in [-0.15, -0.1) is 0 Å². The van der Waals surface area contributed by atoms with E-state index in [1.807, 2.05) is 0 Å². The molecule has 2 aliphatic heterocycles. The zero-order chi connectivity index (χ0) is 8.93. The predicted molar refractivity (Wildman–Crippen MR) is 53.6 cm³/mol. The number of rotatable bonds is 3. The summed E-state index contributed by atoms with van der Waals surface area (Å²) < 4.78 is 5.61. The summed E-state index contributed by atoms with van der Waals surface area (Å²) in [6, 6.07) is 0. The summed E-state index contributed by atoms with van der Waals surface area (Å²) in [5, 5.41) is 0. The Labute approximate surface area is 81.3 Å². The second kappa shape index (κ2) is 4.97. The van der Waals surface area contributed by atoms with Gasteiger partial charge in [-0.05, 0) is 51.6 Å². The lowest BCUT2D eigenvalue weighted by molar-refractivity contribution is 0.0906. The van der Waals surface area contributed by atoms with Gasteiger partial charge in [0, 0.05) is 13.2 Å². The van der Waals surface area contributed by atoms with E-state index < -0.39 is 0 Å². The fourth-order valence-corrected chi connectivity index (χ4v) is 2.23. The van der Waals surface area contributed by atoms with Gasteiger partial charge in [0.1, 0.15) is 0 Å². The van der Waals surface area contributed by atoms with Crippen molar-refractivity contribution in [2.24, 2.45) is 0 Å². The Kier molecular flexibility index (Phi) is 3.62. The Morgan fingerprint density at radius 3 is 2.85 bits per heavy atom. The third-order valence-electron chi connectivity index (χ3n) is 3.09. The number of hydrogen-bond donors (Lipinski definition) is 0. The fourth-order valence-electron chi connectivity index (χ4n) is 2.23. The first-order valence-corrected chi connectivity index (χ1v) is 5.61. The monoisotopic (exact) mass is 182 g/mol. The van der Waals surface area contributed by atoms with E-state index in [2.05, 4.69) is 11.3 Å². The Balaban J connectivity index is 1.60. The summed E-state index contributed by atoms with van der Waals surface area (Å²) in [4.78, 5) is 2.57. The molecular weight excluding hydrogens is 162 g/mol. The number of ether oxygens (including phenoxy) is 1. The minimum Gasteiger partial charge on any atom is -0.378 e. The second-order valence-corrected chi connectivity index (χ2v) is 4.13. The maximum absolute atomic E-state index is 5.61. The van der Waals surface area contributed by atoms with E-state index in [-0.39, 0.29) is 0 Å². The van der Waals surface area contributed by atoms with Crippen LogP contribution in [0.2, 0.25) is 0 Å². The smallest absolute Gasteiger partial charge is 0.0588 e. The van der Waals surface area contributed by atoms with Crippen molar-refractivity contribution in [2.75, 3.05) is 26.2 Å². The largest absolute Gasteiger partial charge is 0.378 e.